The molecule has 0 aliphatic carbocycles. The van der Waals surface area contributed by atoms with Gasteiger partial charge in [-0.1, -0.05) is 60.7 Å². The third-order valence-electron chi connectivity index (χ3n) is 5.58. The summed E-state index contributed by atoms with van der Waals surface area (Å²) in [4.78, 5) is 4.85. The van der Waals surface area contributed by atoms with Gasteiger partial charge in [0.05, 0.1) is 12.1 Å². The van der Waals surface area contributed by atoms with E-state index in [1.807, 2.05) is 0 Å². The average Bonchev–Trinajstić information content (AvgIpc) is 2.79. The van der Waals surface area contributed by atoms with Crippen molar-refractivity contribution in [2.45, 2.75) is 31.3 Å². The first-order chi connectivity index (χ1) is 14.3. The summed E-state index contributed by atoms with van der Waals surface area (Å²) >= 11 is 0. The molecule has 0 radical (unpaired) electrons. The van der Waals surface area contributed by atoms with Crippen LogP contribution in [0.15, 0.2) is 65.7 Å². The molecule has 0 aromatic heterocycles. The van der Waals surface area contributed by atoms with E-state index in [1.54, 1.807) is 7.11 Å². The minimum atomic E-state index is -0.223. The molecule has 5 nitrogen and oxygen atoms in total. The molecule has 0 bridgehead atoms. The highest BCUT2D eigenvalue weighted by Gasteiger charge is 2.32. The quantitative estimate of drug-likeness (QED) is 0.310. The smallest absolute Gasteiger partial charge is 0.191 e. The molecule has 1 saturated heterocycles. The highest BCUT2D eigenvalue weighted by molar-refractivity contribution is 14.0. The predicted octanol–water partition coefficient (Wildman–Crippen LogP) is 4.19. The molecule has 30 heavy (non-hydrogen) atoms. The van der Waals surface area contributed by atoms with Gasteiger partial charge in [0.25, 0.3) is 0 Å². The van der Waals surface area contributed by atoms with E-state index in [1.165, 1.54) is 11.1 Å². The van der Waals surface area contributed by atoms with Crippen molar-refractivity contribution in [1.29, 1.82) is 0 Å². The first-order valence-electron chi connectivity index (χ1n) is 10.5. The SMILES string of the molecule is CCNC(=NCC1(OC)CCOCC1)NCC(c1ccccc1)c1ccccc1.I. The molecule has 3 rings (SSSR count). The second-order valence-corrected chi connectivity index (χ2v) is 7.45. The summed E-state index contributed by atoms with van der Waals surface area (Å²) in [5.41, 5.74) is 2.36. The number of nitrogens with zero attached hydrogens (tertiary/aromatic N) is 1. The van der Waals surface area contributed by atoms with Crippen LogP contribution in [0.25, 0.3) is 0 Å². The number of rotatable bonds is 8. The molecule has 0 atom stereocenters. The van der Waals surface area contributed by atoms with Crippen LogP contribution in [0, 0.1) is 0 Å². The van der Waals surface area contributed by atoms with E-state index < -0.39 is 0 Å². The monoisotopic (exact) mass is 523 g/mol. The maximum atomic E-state index is 5.83. The zero-order valence-corrected chi connectivity index (χ0v) is 20.3. The number of halogens is 1. The predicted molar refractivity (Wildman–Crippen MR) is 134 cm³/mol. The Morgan fingerprint density at radius 2 is 1.57 bits per heavy atom. The lowest BCUT2D eigenvalue weighted by Gasteiger charge is -2.34. The second-order valence-electron chi connectivity index (χ2n) is 7.45. The molecule has 1 aliphatic heterocycles. The van der Waals surface area contributed by atoms with E-state index >= 15 is 0 Å². The molecule has 0 unspecified atom stereocenters. The molecule has 0 amide bonds. The Bertz CT molecular complexity index is 710. The van der Waals surface area contributed by atoms with Crippen LogP contribution >= 0.6 is 24.0 Å². The maximum Gasteiger partial charge on any atom is 0.191 e. The van der Waals surface area contributed by atoms with E-state index in [0.29, 0.717) is 6.54 Å². The van der Waals surface area contributed by atoms with Gasteiger partial charge in [-0.2, -0.15) is 0 Å². The zero-order chi connectivity index (χ0) is 20.4. The van der Waals surface area contributed by atoms with Crippen molar-refractivity contribution in [3.05, 3.63) is 71.8 Å². The number of methoxy groups -OCH3 is 1. The van der Waals surface area contributed by atoms with Gasteiger partial charge in [0.1, 0.15) is 0 Å². The number of aliphatic imine (C=N–C) groups is 1. The lowest BCUT2D eigenvalue weighted by Crippen LogP contribution is -2.44. The van der Waals surface area contributed by atoms with Crippen LogP contribution in [0.3, 0.4) is 0 Å². The third kappa shape index (κ3) is 6.96. The van der Waals surface area contributed by atoms with E-state index in [0.717, 1.165) is 45.1 Å². The Balaban J connectivity index is 0.00000320. The second kappa shape index (κ2) is 12.9. The van der Waals surface area contributed by atoms with E-state index in [4.69, 9.17) is 14.5 Å². The summed E-state index contributed by atoms with van der Waals surface area (Å²) in [5.74, 6) is 1.08. The Morgan fingerprint density at radius 3 is 2.07 bits per heavy atom. The van der Waals surface area contributed by atoms with Crippen molar-refractivity contribution in [2.75, 3.05) is 40.0 Å². The summed E-state index contributed by atoms with van der Waals surface area (Å²) < 4.78 is 11.3. The van der Waals surface area contributed by atoms with Crippen LogP contribution < -0.4 is 10.6 Å². The normalized spacial score (nSPS) is 16.0. The summed E-state index contributed by atoms with van der Waals surface area (Å²) in [5, 5.41) is 6.92. The molecule has 6 heteroatoms. The summed E-state index contributed by atoms with van der Waals surface area (Å²) in [6.45, 7) is 5.77. The minimum absolute atomic E-state index is 0. The zero-order valence-electron chi connectivity index (χ0n) is 18.0. The lowest BCUT2D eigenvalue weighted by molar-refractivity contribution is -0.0828. The Hall–Kier alpha value is -1.64. The van der Waals surface area contributed by atoms with Gasteiger partial charge in [-0.05, 0) is 18.1 Å². The highest BCUT2D eigenvalue weighted by atomic mass is 127. The van der Waals surface area contributed by atoms with Gasteiger partial charge >= 0.3 is 0 Å². The third-order valence-corrected chi connectivity index (χ3v) is 5.58. The molecule has 1 aliphatic rings. The van der Waals surface area contributed by atoms with Crippen molar-refractivity contribution < 1.29 is 9.47 Å². The number of hydrogen-bond acceptors (Lipinski definition) is 3. The van der Waals surface area contributed by atoms with Gasteiger partial charge in [-0.25, -0.2) is 0 Å². The average molecular weight is 523 g/mol. The molecule has 0 spiro atoms. The first kappa shape index (κ1) is 24.6. The fraction of sp³-hybridized carbons (Fsp3) is 0.458. The fourth-order valence-corrected chi connectivity index (χ4v) is 3.73. The Morgan fingerprint density at radius 1 is 1.00 bits per heavy atom. The molecule has 2 N–H and O–H groups in total. The van der Waals surface area contributed by atoms with Crippen molar-refractivity contribution >= 4 is 29.9 Å². The molecule has 0 saturated carbocycles. The molecular weight excluding hydrogens is 489 g/mol. The minimum Gasteiger partial charge on any atom is -0.381 e. The fourth-order valence-electron chi connectivity index (χ4n) is 3.73. The van der Waals surface area contributed by atoms with E-state index in [2.05, 4.69) is 78.2 Å². The summed E-state index contributed by atoms with van der Waals surface area (Å²) in [6.07, 6.45) is 1.76. The van der Waals surface area contributed by atoms with E-state index in [9.17, 15) is 0 Å². The summed E-state index contributed by atoms with van der Waals surface area (Å²) in [7, 11) is 1.78. The Kier molecular flexibility index (Phi) is 10.6. The van der Waals surface area contributed by atoms with Crippen LogP contribution in [0.1, 0.15) is 36.8 Å². The van der Waals surface area contributed by atoms with Crippen LogP contribution in [-0.4, -0.2) is 51.5 Å². The van der Waals surface area contributed by atoms with E-state index in [-0.39, 0.29) is 35.5 Å². The van der Waals surface area contributed by atoms with Gasteiger partial charge in [-0.15, -0.1) is 24.0 Å². The van der Waals surface area contributed by atoms with Crippen molar-refractivity contribution in [1.82, 2.24) is 10.6 Å². The maximum absolute atomic E-state index is 5.83. The number of ether oxygens (including phenoxy) is 2. The largest absolute Gasteiger partial charge is 0.381 e. The van der Waals surface area contributed by atoms with Gasteiger partial charge in [0.2, 0.25) is 0 Å². The number of nitrogens with one attached hydrogen (secondary N) is 2. The molecular formula is C24H34IN3O2. The molecule has 2 aromatic rings. The molecule has 2 aromatic carbocycles. The Labute approximate surface area is 197 Å². The van der Waals surface area contributed by atoms with Gasteiger partial charge in [0, 0.05) is 52.2 Å². The van der Waals surface area contributed by atoms with Crippen LogP contribution in [0.4, 0.5) is 0 Å². The van der Waals surface area contributed by atoms with Crippen LogP contribution in [0.5, 0.6) is 0 Å². The highest BCUT2D eigenvalue weighted by Crippen LogP contribution is 2.25. The topological polar surface area (TPSA) is 54.9 Å². The molecule has 1 fully saturated rings. The van der Waals surface area contributed by atoms with Gasteiger partial charge in [-0.3, -0.25) is 4.99 Å². The first-order valence-corrected chi connectivity index (χ1v) is 10.5. The standard InChI is InChI=1S/C24H33N3O2.HI/c1-3-25-23(27-19-24(28-2)14-16-29-17-15-24)26-18-22(20-10-6-4-7-11-20)21-12-8-5-9-13-21;/h4-13,22H,3,14-19H2,1-2H3,(H2,25,26,27);1H. The molecule has 164 valence electrons. The number of guanidine groups is 1. The lowest BCUT2D eigenvalue weighted by atomic mass is 9.91. The van der Waals surface area contributed by atoms with Crippen molar-refractivity contribution in [2.24, 2.45) is 4.99 Å². The van der Waals surface area contributed by atoms with Gasteiger partial charge in [0.15, 0.2) is 5.96 Å². The number of hydrogen-bond donors (Lipinski definition) is 2. The van der Waals surface area contributed by atoms with Gasteiger partial charge < -0.3 is 20.1 Å². The van der Waals surface area contributed by atoms with Crippen LogP contribution in [-0.2, 0) is 9.47 Å². The number of benzene rings is 2. The van der Waals surface area contributed by atoms with Crippen molar-refractivity contribution in [3.63, 3.8) is 0 Å². The van der Waals surface area contributed by atoms with Crippen molar-refractivity contribution in [3.8, 4) is 0 Å². The van der Waals surface area contributed by atoms with Crippen LogP contribution in [0.2, 0.25) is 0 Å². The molecule has 1 heterocycles. The summed E-state index contributed by atoms with van der Waals surface area (Å²) in [6, 6.07) is 21.2.